The molecule has 0 aliphatic carbocycles. The SMILES string of the molecule is CC(N)(c1ccc([N+](=O)[O-])cc1)c1csc(-c2cccs2)n1. The van der Waals surface area contributed by atoms with E-state index in [0.717, 1.165) is 21.1 Å². The lowest BCUT2D eigenvalue weighted by Crippen LogP contribution is -2.34. The van der Waals surface area contributed by atoms with Crippen molar-refractivity contribution in [2.75, 3.05) is 0 Å². The lowest BCUT2D eigenvalue weighted by atomic mass is 9.90. The van der Waals surface area contributed by atoms with Crippen LogP contribution in [0.25, 0.3) is 9.88 Å². The summed E-state index contributed by atoms with van der Waals surface area (Å²) >= 11 is 3.18. The number of thiazole rings is 1. The summed E-state index contributed by atoms with van der Waals surface area (Å²) < 4.78 is 0. The molecule has 0 saturated heterocycles. The zero-order chi connectivity index (χ0) is 15.7. The van der Waals surface area contributed by atoms with E-state index < -0.39 is 10.5 Å². The van der Waals surface area contributed by atoms with Crippen LogP contribution in [0.3, 0.4) is 0 Å². The number of nitro groups is 1. The van der Waals surface area contributed by atoms with E-state index in [-0.39, 0.29) is 5.69 Å². The van der Waals surface area contributed by atoms with Crippen LogP contribution >= 0.6 is 22.7 Å². The van der Waals surface area contributed by atoms with Crippen molar-refractivity contribution in [2.24, 2.45) is 5.73 Å². The van der Waals surface area contributed by atoms with Crippen molar-refractivity contribution in [2.45, 2.75) is 12.5 Å². The van der Waals surface area contributed by atoms with Gasteiger partial charge in [0, 0.05) is 17.5 Å². The molecule has 112 valence electrons. The number of thiophene rings is 1. The lowest BCUT2D eigenvalue weighted by Gasteiger charge is -2.23. The molecule has 0 fully saturated rings. The first-order valence-corrected chi connectivity index (χ1v) is 8.28. The molecule has 7 heteroatoms. The molecule has 2 aromatic heterocycles. The molecule has 0 spiro atoms. The molecule has 1 atom stereocenters. The summed E-state index contributed by atoms with van der Waals surface area (Å²) in [5.74, 6) is 0. The Balaban J connectivity index is 1.93. The summed E-state index contributed by atoms with van der Waals surface area (Å²) in [5, 5.41) is 15.6. The van der Waals surface area contributed by atoms with Gasteiger partial charge in [0.25, 0.3) is 5.69 Å². The summed E-state index contributed by atoms with van der Waals surface area (Å²) in [6, 6.07) is 10.3. The zero-order valence-corrected chi connectivity index (χ0v) is 13.4. The van der Waals surface area contributed by atoms with Crippen molar-refractivity contribution in [3.05, 3.63) is 68.5 Å². The Morgan fingerprint density at radius 3 is 2.55 bits per heavy atom. The smallest absolute Gasteiger partial charge is 0.269 e. The summed E-state index contributed by atoms with van der Waals surface area (Å²) in [7, 11) is 0. The first-order valence-electron chi connectivity index (χ1n) is 6.52. The second kappa shape index (κ2) is 5.60. The minimum absolute atomic E-state index is 0.0529. The highest BCUT2D eigenvalue weighted by Gasteiger charge is 2.27. The minimum Gasteiger partial charge on any atom is -0.317 e. The molecular formula is C15H13N3O2S2. The summed E-state index contributed by atoms with van der Waals surface area (Å²) in [6.07, 6.45) is 0. The normalized spacial score (nSPS) is 13.7. The number of benzene rings is 1. The van der Waals surface area contributed by atoms with Gasteiger partial charge in [0.05, 0.1) is 21.0 Å². The summed E-state index contributed by atoms with van der Waals surface area (Å²) in [6.45, 7) is 1.86. The van der Waals surface area contributed by atoms with Gasteiger partial charge in [-0.05, 0) is 36.1 Å². The lowest BCUT2D eigenvalue weighted by molar-refractivity contribution is -0.384. The number of hydrogen-bond donors (Lipinski definition) is 1. The van der Waals surface area contributed by atoms with E-state index in [4.69, 9.17) is 5.73 Å². The maximum absolute atomic E-state index is 10.7. The minimum atomic E-state index is -0.791. The van der Waals surface area contributed by atoms with Crippen LogP contribution in [0.15, 0.2) is 47.2 Å². The van der Waals surface area contributed by atoms with Gasteiger partial charge in [-0.25, -0.2) is 4.98 Å². The predicted molar refractivity (Wildman–Crippen MR) is 89.2 cm³/mol. The van der Waals surface area contributed by atoms with E-state index in [1.54, 1.807) is 34.8 Å². The van der Waals surface area contributed by atoms with Crippen LogP contribution in [0.1, 0.15) is 18.2 Å². The van der Waals surface area contributed by atoms with Crippen molar-refractivity contribution in [3.63, 3.8) is 0 Å². The van der Waals surface area contributed by atoms with Gasteiger partial charge in [-0.1, -0.05) is 6.07 Å². The monoisotopic (exact) mass is 331 g/mol. The van der Waals surface area contributed by atoms with Crippen LogP contribution in [-0.2, 0) is 5.54 Å². The molecule has 0 aliphatic rings. The summed E-state index contributed by atoms with van der Waals surface area (Å²) in [5.41, 5.74) is 7.24. The molecule has 1 aromatic carbocycles. The van der Waals surface area contributed by atoms with Gasteiger partial charge in [-0.15, -0.1) is 22.7 Å². The Hall–Kier alpha value is -2.09. The van der Waals surface area contributed by atoms with Gasteiger partial charge >= 0.3 is 0 Å². The van der Waals surface area contributed by atoms with Crippen LogP contribution in [0, 0.1) is 10.1 Å². The largest absolute Gasteiger partial charge is 0.317 e. The van der Waals surface area contributed by atoms with Gasteiger partial charge in [0.15, 0.2) is 0 Å². The van der Waals surface area contributed by atoms with Gasteiger partial charge in [0.1, 0.15) is 5.01 Å². The van der Waals surface area contributed by atoms with E-state index >= 15 is 0 Å². The highest BCUT2D eigenvalue weighted by Crippen LogP contribution is 2.33. The first kappa shape index (κ1) is 14.8. The molecule has 22 heavy (non-hydrogen) atoms. The Morgan fingerprint density at radius 1 is 1.23 bits per heavy atom. The van der Waals surface area contributed by atoms with E-state index in [1.807, 2.05) is 29.8 Å². The van der Waals surface area contributed by atoms with Gasteiger partial charge < -0.3 is 5.73 Å². The van der Waals surface area contributed by atoms with Crippen molar-refractivity contribution in [1.82, 2.24) is 4.98 Å². The molecule has 3 rings (SSSR count). The van der Waals surface area contributed by atoms with Crippen molar-refractivity contribution in [1.29, 1.82) is 0 Å². The number of rotatable bonds is 4. The maximum Gasteiger partial charge on any atom is 0.269 e. The van der Waals surface area contributed by atoms with E-state index in [2.05, 4.69) is 4.98 Å². The maximum atomic E-state index is 10.7. The third kappa shape index (κ3) is 2.66. The molecule has 0 saturated carbocycles. The van der Waals surface area contributed by atoms with Crippen LogP contribution in [-0.4, -0.2) is 9.91 Å². The molecule has 2 N–H and O–H groups in total. The fourth-order valence-electron chi connectivity index (χ4n) is 2.10. The van der Waals surface area contributed by atoms with E-state index in [0.29, 0.717) is 0 Å². The Labute approximate surface area is 135 Å². The van der Waals surface area contributed by atoms with Gasteiger partial charge in [0.2, 0.25) is 0 Å². The molecule has 0 amide bonds. The molecular weight excluding hydrogens is 318 g/mol. The molecule has 0 radical (unpaired) electrons. The standard InChI is InChI=1S/C15H13N3O2S2/c1-15(16,10-4-6-11(7-5-10)18(19)20)13-9-22-14(17-13)12-3-2-8-21-12/h2-9H,16H2,1H3. The fourth-order valence-corrected chi connectivity index (χ4v) is 3.85. The van der Waals surface area contributed by atoms with E-state index in [1.165, 1.54) is 12.1 Å². The number of non-ortho nitro benzene ring substituents is 1. The second-order valence-corrected chi connectivity index (χ2v) is 6.83. The van der Waals surface area contributed by atoms with Crippen LogP contribution in [0.4, 0.5) is 5.69 Å². The Kier molecular flexibility index (Phi) is 3.78. The Bertz CT molecular complexity index is 793. The number of aromatic nitrogens is 1. The van der Waals surface area contributed by atoms with Gasteiger partial charge in [-0.3, -0.25) is 10.1 Å². The number of nitrogens with zero attached hydrogens (tertiary/aromatic N) is 2. The first-order chi connectivity index (χ1) is 10.5. The fraction of sp³-hybridized carbons (Fsp3) is 0.133. The van der Waals surface area contributed by atoms with Crippen LogP contribution in [0.2, 0.25) is 0 Å². The highest BCUT2D eigenvalue weighted by molar-refractivity contribution is 7.20. The highest BCUT2D eigenvalue weighted by atomic mass is 32.1. The van der Waals surface area contributed by atoms with Crippen LogP contribution in [0.5, 0.6) is 0 Å². The van der Waals surface area contributed by atoms with Crippen molar-refractivity contribution < 1.29 is 4.92 Å². The molecule has 3 aromatic rings. The van der Waals surface area contributed by atoms with E-state index in [9.17, 15) is 10.1 Å². The van der Waals surface area contributed by atoms with Crippen LogP contribution < -0.4 is 5.73 Å². The molecule has 1 unspecified atom stereocenters. The average molecular weight is 331 g/mol. The third-order valence-corrected chi connectivity index (χ3v) is 5.33. The summed E-state index contributed by atoms with van der Waals surface area (Å²) in [4.78, 5) is 16.0. The second-order valence-electron chi connectivity index (χ2n) is 5.02. The Morgan fingerprint density at radius 2 is 1.95 bits per heavy atom. The third-order valence-electron chi connectivity index (χ3n) is 3.45. The van der Waals surface area contributed by atoms with Crippen molar-refractivity contribution in [3.8, 4) is 9.88 Å². The van der Waals surface area contributed by atoms with Gasteiger partial charge in [-0.2, -0.15) is 0 Å². The predicted octanol–water partition coefficient (Wildman–Crippen LogP) is 4.00. The quantitative estimate of drug-likeness (QED) is 0.578. The van der Waals surface area contributed by atoms with Crippen molar-refractivity contribution >= 4 is 28.4 Å². The number of nitrogens with two attached hydrogens (primary N) is 1. The topological polar surface area (TPSA) is 82.0 Å². The molecule has 0 bridgehead atoms. The molecule has 2 heterocycles. The number of hydrogen-bond acceptors (Lipinski definition) is 6. The molecule has 0 aliphatic heterocycles. The average Bonchev–Trinajstić information content (AvgIpc) is 3.18. The zero-order valence-electron chi connectivity index (χ0n) is 11.7. The molecule has 5 nitrogen and oxygen atoms in total. The number of nitro benzene ring substituents is 1.